The molecule has 1 aliphatic heterocycles. The van der Waals surface area contributed by atoms with Gasteiger partial charge in [0.1, 0.15) is 18.1 Å². The third kappa shape index (κ3) is 7.00. The third-order valence-electron chi connectivity index (χ3n) is 4.57. The Morgan fingerprint density at radius 3 is 2.34 bits per heavy atom. The number of primary amides is 1. The van der Waals surface area contributed by atoms with E-state index >= 15 is 0 Å². The van der Waals surface area contributed by atoms with Gasteiger partial charge in [-0.05, 0) is 25.7 Å². The smallest absolute Gasteiger partial charge is 0.328 e. The number of hydrogen-bond acceptors (Lipinski definition) is 7. The minimum atomic E-state index is -1.21. The summed E-state index contributed by atoms with van der Waals surface area (Å²) in [6, 6.07) is -2.88. The highest BCUT2D eigenvalue weighted by Crippen LogP contribution is 2.20. The molecule has 0 bridgehead atoms. The van der Waals surface area contributed by atoms with Gasteiger partial charge in [0.05, 0.1) is 19.6 Å². The average molecular weight is 413 g/mol. The number of carbonyl (C=O) groups excluding carboxylic acids is 5. The van der Waals surface area contributed by atoms with Crippen LogP contribution in [0.4, 0.5) is 0 Å². The Labute approximate surface area is 169 Å². The normalized spacial score (nSPS) is 18.1. The zero-order valence-electron chi connectivity index (χ0n) is 17.1. The zero-order valence-corrected chi connectivity index (χ0v) is 17.1. The van der Waals surface area contributed by atoms with Gasteiger partial charge in [0, 0.05) is 6.54 Å². The van der Waals surface area contributed by atoms with E-state index in [0.717, 1.165) is 0 Å². The lowest BCUT2D eigenvalue weighted by atomic mass is 10.0. The van der Waals surface area contributed by atoms with Crippen LogP contribution in [0.15, 0.2) is 0 Å². The molecule has 29 heavy (non-hydrogen) atoms. The molecule has 1 aliphatic rings. The minimum Gasteiger partial charge on any atom is -0.464 e. The highest BCUT2D eigenvalue weighted by molar-refractivity contribution is 5.96. The first kappa shape index (κ1) is 24.3. The molecule has 0 aromatic rings. The average Bonchev–Trinajstić information content (AvgIpc) is 3.13. The molecule has 11 heteroatoms. The molecule has 0 aliphatic carbocycles. The van der Waals surface area contributed by atoms with Crippen LogP contribution in [0.5, 0.6) is 0 Å². The molecule has 0 spiro atoms. The Morgan fingerprint density at radius 1 is 1.17 bits per heavy atom. The number of esters is 1. The molecule has 1 saturated heterocycles. The maximum absolute atomic E-state index is 12.9. The lowest BCUT2D eigenvalue weighted by Gasteiger charge is -2.30. The molecular weight excluding hydrogens is 382 g/mol. The summed E-state index contributed by atoms with van der Waals surface area (Å²) in [5, 5.41) is 5.02. The van der Waals surface area contributed by atoms with Gasteiger partial charge in [-0.3, -0.25) is 19.2 Å². The fourth-order valence-corrected chi connectivity index (χ4v) is 3.14. The summed E-state index contributed by atoms with van der Waals surface area (Å²) >= 11 is 0. The van der Waals surface area contributed by atoms with Gasteiger partial charge in [-0.15, -0.1) is 0 Å². The molecule has 0 aromatic heterocycles. The van der Waals surface area contributed by atoms with Crippen molar-refractivity contribution >= 4 is 29.6 Å². The van der Waals surface area contributed by atoms with Crippen molar-refractivity contribution in [1.29, 1.82) is 0 Å². The first-order chi connectivity index (χ1) is 13.6. The Hall–Kier alpha value is -2.69. The maximum atomic E-state index is 12.9. The van der Waals surface area contributed by atoms with E-state index in [1.807, 2.05) is 0 Å². The van der Waals surface area contributed by atoms with E-state index in [-0.39, 0.29) is 25.6 Å². The van der Waals surface area contributed by atoms with Gasteiger partial charge in [0.2, 0.25) is 23.6 Å². The van der Waals surface area contributed by atoms with Gasteiger partial charge in [-0.1, -0.05) is 13.8 Å². The molecule has 0 radical (unpaired) electrons. The number of nitrogens with one attached hydrogen (secondary N) is 2. The Kier molecular flexibility index (Phi) is 9.53. The summed E-state index contributed by atoms with van der Waals surface area (Å²) in [7, 11) is 0. The molecule has 0 saturated carbocycles. The Balaban J connectivity index is 2.94. The summed E-state index contributed by atoms with van der Waals surface area (Å²) < 4.78 is 5.00. The summed E-state index contributed by atoms with van der Waals surface area (Å²) in [6.45, 7) is 5.30. The van der Waals surface area contributed by atoms with Crippen LogP contribution in [-0.2, 0) is 28.7 Å². The lowest BCUT2D eigenvalue weighted by Crippen LogP contribution is -2.57. The molecule has 0 aromatic carbocycles. The van der Waals surface area contributed by atoms with Crippen molar-refractivity contribution < 1.29 is 28.7 Å². The van der Waals surface area contributed by atoms with Crippen LogP contribution in [0, 0.1) is 5.92 Å². The number of nitrogens with two attached hydrogens (primary N) is 2. The molecule has 3 atom stereocenters. The van der Waals surface area contributed by atoms with E-state index in [1.165, 1.54) is 4.90 Å². The zero-order chi connectivity index (χ0) is 22.1. The van der Waals surface area contributed by atoms with Crippen molar-refractivity contribution in [2.24, 2.45) is 17.4 Å². The Morgan fingerprint density at radius 2 is 1.83 bits per heavy atom. The van der Waals surface area contributed by atoms with Crippen molar-refractivity contribution in [3.63, 3.8) is 0 Å². The lowest BCUT2D eigenvalue weighted by molar-refractivity contribution is -0.150. The highest BCUT2D eigenvalue weighted by atomic mass is 16.5. The standard InChI is InChI=1S/C18H31N5O6/c1-4-29-18(28)15(10(2)3)22-16(26)12-6-5-7-23(12)17(27)11(8-13(20)24)21-14(25)9-19/h10-12,15H,4-9,19H2,1-3H3,(H2,20,24)(H,21,25)(H,22,26)/t11-,12-,15-/m0/s1. The van der Waals surface area contributed by atoms with E-state index < -0.39 is 54.1 Å². The van der Waals surface area contributed by atoms with Crippen molar-refractivity contribution in [1.82, 2.24) is 15.5 Å². The van der Waals surface area contributed by atoms with Crippen LogP contribution in [0.25, 0.3) is 0 Å². The van der Waals surface area contributed by atoms with Crippen LogP contribution in [0.3, 0.4) is 0 Å². The maximum Gasteiger partial charge on any atom is 0.328 e. The van der Waals surface area contributed by atoms with Gasteiger partial charge in [0.25, 0.3) is 0 Å². The van der Waals surface area contributed by atoms with Gasteiger partial charge in [-0.25, -0.2) is 4.79 Å². The Bertz CT molecular complexity index is 638. The molecule has 1 rings (SSSR count). The molecule has 0 unspecified atom stereocenters. The topological polar surface area (TPSA) is 174 Å². The summed E-state index contributed by atoms with van der Waals surface area (Å²) in [4.78, 5) is 62.0. The number of hydrogen-bond donors (Lipinski definition) is 4. The monoisotopic (exact) mass is 413 g/mol. The molecule has 1 fully saturated rings. The number of rotatable bonds is 10. The number of amides is 4. The molecule has 6 N–H and O–H groups in total. The molecule has 11 nitrogen and oxygen atoms in total. The van der Waals surface area contributed by atoms with Gasteiger partial charge >= 0.3 is 5.97 Å². The molecular formula is C18H31N5O6. The quantitative estimate of drug-likeness (QED) is 0.300. The molecule has 164 valence electrons. The van der Waals surface area contributed by atoms with Gasteiger partial charge < -0.3 is 31.7 Å². The largest absolute Gasteiger partial charge is 0.464 e. The second-order valence-corrected chi connectivity index (χ2v) is 7.17. The second-order valence-electron chi connectivity index (χ2n) is 7.17. The summed E-state index contributed by atoms with van der Waals surface area (Å²) in [6.07, 6.45) is 0.538. The number of ether oxygens (including phenoxy) is 1. The van der Waals surface area contributed by atoms with E-state index in [9.17, 15) is 24.0 Å². The van der Waals surface area contributed by atoms with Crippen LogP contribution in [0.1, 0.15) is 40.0 Å². The van der Waals surface area contributed by atoms with E-state index in [1.54, 1.807) is 20.8 Å². The number of nitrogens with zero attached hydrogens (tertiary/aromatic N) is 1. The van der Waals surface area contributed by atoms with Gasteiger partial charge in [-0.2, -0.15) is 0 Å². The highest BCUT2D eigenvalue weighted by Gasteiger charge is 2.39. The summed E-state index contributed by atoms with van der Waals surface area (Å²) in [5.74, 6) is -3.25. The first-order valence-corrected chi connectivity index (χ1v) is 9.67. The van der Waals surface area contributed by atoms with E-state index in [0.29, 0.717) is 12.8 Å². The second kappa shape index (κ2) is 11.3. The predicted octanol–water partition coefficient (Wildman–Crippen LogP) is -2.00. The van der Waals surface area contributed by atoms with E-state index in [4.69, 9.17) is 16.2 Å². The minimum absolute atomic E-state index is 0.182. The third-order valence-corrected chi connectivity index (χ3v) is 4.57. The molecule has 4 amide bonds. The molecule has 1 heterocycles. The van der Waals surface area contributed by atoms with Crippen LogP contribution in [-0.4, -0.2) is 72.3 Å². The fourth-order valence-electron chi connectivity index (χ4n) is 3.14. The van der Waals surface area contributed by atoms with Crippen molar-refractivity contribution in [2.75, 3.05) is 19.7 Å². The number of carbonyl (C=O) groups is 5. The van der Waals surface area contributed by atoms with Crippen molar-refractivity contribution in [3.8, 4) is 0 Å². The first-order valence-electron chi connectivity index (χ1n) is 9.67. The SMILES string of the molecule is CCOC(=O)[C@@H](NC(=O)[C@@H]1CCCN1C(=O)[C@H](CC(N)=O)NC(=O)CN)C(C)C. The fraction of sp³-hybridized carbons (Fsp3) is 0.722. The van der Waals surface area contributed by atoms with Crippen molar-refractivity contribution in [3.05, 3.63) is 0 Å². The predicted molar refractivity (Wildman–Crippen MR) is 103 cm³/mol. The number of likely N-dealkylation sites (tertiary alicyclic amines) is 1. The van der Waals surface area contributed by atoms with Crippen LogP contribution in [0.2, 0.25) is 0 Å². The van der Waals surface area contributed by atoms with Crippen molar-refractivity contribution in [2.45, 2.75) is 58.2 Å². The van der Waals surface area contributed by atoms with Gasteiger partial charge in [0.15, 0.2) is 0 Å². The van der Waals surface area contributed by atoms with E-state index in [2.05, 4.69) is 10.6 Å². The van der Waals surface area contributed by atoms with Crippen LogP contribution >= 0.6 is 0 Å². The van der Waals surface area contributed by atoms with Crippen LogP contribution < -0.4 is 22.1 Å². The summed E-state index contributed by atoms with van der Waals surface area (Å²) in [5.41, 5.74) is 10.4.